The van der Waals surface area contributed by atoms with Crippen molar-refractivity contribution in [2.24, 2.45) is 0 Å². The fourth-order valence-corrected chi connectivity index (χ4v) is 3.23. The van der Waals surface area contributed by atoms with Gasteiger partial charge in [0.1, 0.15) is 0 Å². The molecular formula is C16H23ClF3N3O. The van der Waals surface area contributed by atoms with Gasteiger partial charge in [-0.15, -0.1) is 0 Å². The number of rotatable bonds is 7. The number of aromatic nitrogens is 1. The van der Waals surface area contributed by atoms with Crippen molar-refractivity contribution in [2.75, 3.05) is 45.2 Å². The Morgan fingerprint density at radius 2 is 2.08 bits per heavy atom. The zero-order chi connectivity index (χ0) is 17.6. The third-order valence-electron chi connectivity index (χ3n) is 4.10. The first-order valence-corrected chi connectivity index (χ1v) is 8.44. The molecule has 1 aromatic heterocycles. The molecule has 1 saturated heterocycles. The maximum Gasteiger partial charge on any atom is 0.401 e. The van der Waals surface area contributed by atoms with Gasteiger partial charge < -0.3 is 10.1 Å². The molecule has 2 heterocycles. The normalized spacial score (nSPS) is 17.2. The zero-order valence-corrected chi connectivity index (χ0v) is 14.5. The lowest BCUT2D eigenvalue weighted by molar-refractivity contribution is -0.147. The number of hydrogen-bond donors (Lipinski definition) is 1. The van der Waals surface area contributed by atoms with Crippen molar-refractivity contribution in [1.82, 2.24) is 9.88 Å². The lowest BCUT2D eigenvalue weighted by atomic mass is 9.93. The molecule has 8 heteroatoms. The van der Waals surface area contributed by atoms with Crippen molar-refractivity contribution in [1.29, 1.82) is 0 Å². The van der Waals surface area contributed by atoms with Crippen molar-refractivity contribution in [3.63, 3.8) is 0 Å². The van der Waals surface area contributed by atoms with Gasteiger partial charge in [-0.2, -0.15) is 13.2 Å². The second-order valence-corrected chi connectivity index (χ2v) is 6.44. The van der Waals surface area contributed by atoms with E-state index in [2.05, 4.69) is 10.3 Å². The summed E-state index contributed by atoms with van der Waals surface area (Å²) in [6, 6.07) is 1.83. The molecule has 0 amide bonds. The van der Waals surface area contributed by atoms with Crippen LogP contribution in [-0.4, -0.2) is 56.0 Å². The Morgan fingerprint density at radius 3 is 2.67 bits per heavy atom. The highest BCUT2D eigenvalue weighted by atomic mass is 35.5. The fraction of sp³-hybridized carbons (Fsp3) is 0.688. The van der Waals surface area contributed by atoms with Gasteiger partial charge in [0.15, 0.2) is 0 Å². The molecule has 0 bridgehead atoms. The molecule has 0 spiro atoms. The number of alkyl halides is 3. The summed E-state index contributed by atoms with van der Waals surface area (Å²) in [6.07, 6.45) is -0.241. The van der Waals surface area contributed by atoms with Crippen LogP contribution in [0.5, 0.6) is 0 Å². The fourth-order valence-electron chi connectivity index (χ4n) is 2.91. The topological polar surface area (TPSA) is 37.4 Å². The second-order valence-electron chi connectivity index (χ2n) is 6.03. The van der Waals surface area contributed by atoms with Crippen LogP contribution in [0.3, 0.4) is 0 Å². The highest BCUT2D eigenvalue weighted by molar-refractivity contribution is 6.31. The maximum absolute atomic E-state index is 12.4. The van der Waals surface area contributed by atoms with Crippen molar-refractivity contribution in [3.05, 3.63) is 23.0 Å². The van der Waals surface area contributed by atoms with Gasteiger partial charge in [0.05, 0.1) is 29.1 Å². The van der Waals surface area contributed by atoms with Crippen LogP contribution in [0.25, 0.3) is 0 Å². The van der Waals surface area contributed by atoms with E-state index in [1.807, 2.05) is 6.07 Å². The predicted octanol–water partition coefficient (Wildman–Crippen LogP) is 3.93. The van der Waals surface area contributed by atoms with Crippen LogP contribution in [0.1, 0.15) is 30.9 Å². The molecule has 0 saturated carbocycles. The molecule has 2 rings (SSSR count). The number of methoxy groups -OCH3 is 1. The van der Waals surface area contributed by atoms with Crippen LogP contribution in [0.2, 0.25) is 5.02 Å². The summed E-state index contributed by atoms with van der Waals surface area (Å²) in [4.78, 5) is 5.87. The Balaban J connectivity index is 1.87. The van der Waals surface area contributed by atoms with Crippen LogP contribution in [0.15, 0.2) is 12.3 Å². The molecule has 0 atom stereocenters. The van der Waals surface area contributed by atoms with Gasteiger partial charge >= 0.3 is 6.18 Å². The first-order chi connectivity index (χ1) is 11.4. The SMILES string of the molecule is COCCCNc1cnc(C2CCN(CC(F)(F)F)CC2)c(Cl)c1. The Hall–Kier alpha value is -1.05. The van der Waals surface area contributed by atoms with Gasteiger partial charge in [-0.05, 0) is 38.4 Å². The molecule has 0 aromatic carbocycles. The molecule has 1 aliphatic rings. The lowest BCUT2D eigenvalue weighted by Crippen LogP contribution is -2.39. The minimum absolute atomic E-state index is 0.115. The molecule has 0 unspecified atom stereocenters. The van der Waals surface area contributed by atoms with E-state index in [1.54, 1.807) is 13.3 Å². The molecule has 1 N–H and O–H groups in total. The smallest absolute Gasteiger partial charge is 0.385 e. The molecule has 136 valence electrons. The zero-order valence-electron chi connectivity index (χ0n) is 13.7. The average Bonchev–Trinajstić information content (AvgIpc) is 2.51. The number of ether oxygens (including phenoxy) is 1. The Labute approximate surface area is 145 Å². The van der Waals surface area contributed by atoms with E-state index in [0.717, 1.165) is 24.3 Å². The van der Waals surface area contributed by atoms with Gasteiger partial charge in [-0.3, -0.25) is 9.88 Å². The average molecular weight is 366 g/mol. The Morgan fingerprint density at radius 1 is 1.38 bits per heavy atom. The first kappa shape index (κ1) is 19.3. The number of piperidine rings is 1. The standard InChI is InChI=1S/C16H23ClF3N3O/c1-24-8-2-5-21-13-9-14(17)15(22-10-13)12-3-6-23(7-4-12)11-16(18,19)20/h9-10,12,21H,2-8,11H2,1H3. The summed E-state index contributed by atoms with van der Waals surface area (Å²) in [5.74, 6) is 0.115. The van der Waals surface area contributed by atoms with Gasteiger partial charge in [-0.1, -0.05) is 11.6 Å². The number of pyridine rings is 1. The number of nitrogens with one attached hydrogen (secondary N) is 1. The van der Waals surface area contributed by atoms with E-state index in [1.165, 1.54) is 4.90 Å². The van der Waals surface area contributed by atoms with Crippen molar-refractivity contribution >= 4 is 17.3 Å². The molecule has 1 fully saturated rings. The number of anilines is 1. The van der Waals surface area contributed by atoms with Crippen LogP contribution in [0.4, 0.5) is 18.9 Å². The van der Waals surface area contributed by atoms with E-state index in [9.17, 15) is 13.2 Å². The van der Waals surface area contributed by atoms with Gasteiger partial charge in [-0.25, -0.2) is 0 Å². The molecule has 0 radical (unpaired) electrons. The van der Waals surface area contributed by atoms with Crippen LogP contribution in [0, 0.1) is 0 Å². The number of likely N-dealkylation sites (tertiary alicyclic amines) is 1. The minimum Gasteiger partial charge on any atom is -0.385 e. The number of hydrogen-bond acceptors (Lipinski definition) is 4. The van der Waals surface area contributed by atoms with E-state index in [-0.39, 0.29) is 5.92 Å². The second kappa shape index (κ2) is 8.87. The van der Waals surface area contributed by atoms with Gasteiger partial charge in [0.2, 0.25) is 0 Å². The molecular weight excluding hydrogens is 343 g/mol. The molecule has 24 heavy (non-hydrogen) atoms. The quantitative estimate of drug-likeness (QED) is 0.743. The van der Waals surface area contributed by atoms with Crippen molar-refractivity contribution in [3.8, 4) is 0 Å². The van der Waals surface area contributed by atoms with Gasteiger partial charge in [0, 0.05) is 26.2 Å². The lowest BCUT2D eigenvalue weighted by Gasteiger charge is -2.32. The highest BCUT2D eigenvalue weighted by Crippen LogP contribution is 2.33. The Kier molecular flexibility index (Phi) is 7.13. The highest BCUT2D eigenvalue weighted by Gasteiger charge is 2.33. The summed E-state index contributed by atoms with van der Waals surface area (Å²) in [5, 5.41) is 3.79. The van der Waals surface area contributed by atoms with Crippen LogP contribution >= 0.6 is 11.6 Å². The number of halogens is 4. The van der Waals surface area contributed by atoms with Crippen LogP contribution < -0.4 is 5.32 Å². The molecule has 4 nitrogen and oxygen atoms in total. The van der Waals surface area contributed by atoms with Gasteiger partial charge in [0.25, 0.3) is 0 Å². The van der Waals surface area contributed by atoms with Crippen molar-refractivity contribution in [2.45, 2.75) is 31.4 Å². The molecule has 1 aliphatic heterocycles. The Bertz CT molecular complexity index is 520. The number of nitrogens with zero attached hydrogens (tertiary/aromatic N) is 2. The van der Waals surface area contributed by atoms with E-state index in [0.29, 0.717) is 37.6 Å². The molecule has 0 aliphatic carbocycles. The van der Waals surface area contributed by atoms with Crippen molar-refractivity contribution < 1.29 is 17.9 Å². The first-order valence-electron chi connectivity index (χ1n) is 8.06. The largest absolute Gasteiger partial charge is 0.401 e. The monoisotopic (exact) mass is 365 g/mol. The third kappa shape index (κ3) is 6.11. The predicted molar refractivity (Wildman–Crippen MR) is 88.7 cm³/mol. The maximum atomic E-state index is 12.4. The summed E-state index contributed by atoms with van der Waals surface area (Å²) in [6.45, 7) is 1.44. The van der Waals surface area contributed by atoms with E-state index < -0.39 is 12.7 Å². The summed E-state index contributed by atoms with van der Waals surface area (Å²) in [7, 11) is 1.66. The summed E-state index contributed by atoms with van der Waals surface area (Å²) < 4.78 is 42.3. The van der Waals surface area contributed by atoms with E-state index in [4.69, 9.17) is 16.3 Å². The summed E-state index contributed by atoms with van der Waals surface area (Å²) in [5.41, 5.74) is 1.63. The summed E-state index contributed by atoms with van der Waals surface area (Å²) >= 11 is 6.32. The van der Waals surface area contributed by atoms with E-state index >= 15 is 0 Å². The van der Waals surface area contributed by atoms with Crippen LogP contribution in [-0.2, 0) is 4.74 Å². The minimum atomic E-state index is -4.14. The molecule has 1 aromatic rings. The third-order valence-corrected chi connectivity index (χ3v) is 4.40.